The Balaban J connectivity index is 1.98. The summed E-state index contributed by atoms with van der Waals surface area (Å²) in [6.45, 7) is 7.83. The molecular formula is C34H48BClN4O6. The van der Waals surface area contributed by atoms with Crippen molar-refractivity contribution >= 4 is 47.7 Å². The molecule has 2 aromatic carbocycles. The first-order valence-corrected chi connectivity index (χ1v) is 16.2. The van der Waals surface area contributed by atoms with E-state index in [0.717, 1.165) is 11.1 Å². The fraction of sp³-hybridized carbons (Fsp3) is 0.500. The molecule has 2 amide bonds. The number of carbonyl (C=O) groups is 5. The van der Waals surface area contributed by atoms with E-state index in [2.05, 4.69) is 10.6 Å². The van der Waals surface area contributed by atoms with Crippen LogP contribution in [0.15, 0.2) is 48.5 Å². The zero-order valence-electron chi connectivity index (χ0n) is 27.4. The molecule has 0 spiro atoms. The number of hydrogen-bond donors (Lipinski definition) is 5. The van der Waals surface area contributed by atoms with E-state index in [-0.39, 0.29) is 55.7 Å². The van der Waals surface area contributed by atoms with E-state index in [0.29, 0.717) is 17.0 Å². The number of hydrogen-bond acceptors (Lipinski definition) is 8. The molecule has 2 aromatic rings. The monoisotopic (exact) mass is 654 g/mol. The highest BCUT2D eigenvalue weighted by Crippen LogP contribution is 2.23. The maximum absolute atomic E-state index is 13.1. The average Bonchev–Trinajstić information content (AvgIpc) is 3.01. The Labute approximate surface area is 277 Å². The van der Waals surface area contributed by atoms with Crippen molar-refractivity contribution in [1.82, 2.24) is 10.6 Å². The zero-order valence-corrected chi connectivity index (χ0v) is 28.2. The van der Waals surface area contributed by atoms with Crippen LogP contribution in [-0.2, 0) is 19.2 Å². The molecule has 0 aliphatic heterocycles. The van der Waals surface area contributed by atoms with Gasteiger partial charge in [0.1, 0.15) is 0 Å². The number of rotatable bonds is 19. The molecule has 0 fully saturated rings. The lowest BCUT2D eigenvalue weighted by atomic mass is 9.58. The fourth-order valence-electron chi connectivity index (χ4n) is 4.90. The highest BCUT2D eigenvalue weighted by atomic mass is 35.5. The van der Waals surface area contributed by atoms with Crippen LogP contribution in [0.25, 0.3) is 11.1 Å². The van der Waals surface area contributed by atoms with Gasteiger partial charge >= 0.3 is 0 Å². The molecular weight excluding hydrogens is 607 g/mol. The molecule has 250 valence electrons. The van der Waals surface area contributed by atoms with Gasteiger partial charge in [0.05, 0.1) is 18.0 Å². The van der Waals surface area contributed by atoms with Crippen LogP contribution < -0.4 is 22.1 Å². The fourth-order valence-corrected chi connectivity index (χ4v) is 5.03. The minimum absolute atomic E-state index is 0.115. The summed E-state index contributed by atoms with van der Waals surface area (Å²) in [7, 11) is 0. The molecule has 0 aliphatic carbocycles. The summed E-state index contributed by atoms with van der Waals surface area (Å²) >= 11 is 5.96. The Morgan fingerprint density at radius 2 is 1.28 bits per heavy atom. The molecule has 0 bridgehead atoms. The quantitative estimate of drug-likeness (QED) is 0.112. The normalized spacial score (nSPS) is 14.5. The van der Waals surface area contributed by atoms with Gasteiger partial charge in [-0.1, -0.05) is 82.5 Å². The van der Waals surface area contributed by atoms with Crippen LogP contribution >= 0.6 is 11.6 Å². The number of carbonyl (C=O) groups excluding carboxylic acids is 5. The molecule has 5 atom stereocenters. The number of ketones is 3. The smallest absolute Gasteiger partial charge is 0.289 e. The van der Waals surface area contributed by atoms with Crippen molar-refractivity contribution in [3.63, 3.8) is 0 Å². The van der Waals surface area contributed by atoms with Crippen LogP contribution in [-0.4, -0.2) is 66.3 Å². The second kappa shape index (κ2) is 18.7. The lowest BCUT2D eigenvalue weighted by Crippen LogP contribution is -2.50. The minimum Gasteiger partial charge on any atom is -0.450 e. The van der Waals surface area contributed by atoms with E-state index >= 15 is 0 Å². The zero-order chi connectivity index (χ0) is 34.6. The summed E-state index contributed by atoms with van der Waals surface area (Å²) in [5, 5.41) is 15.8. The number of halogens is 1. The second-order valence-electron chi connectivity index (χ2n) is 12.6. The first kappa shape index (κ1) is 38.8. The highest BCUT2D eigenvalue weighted by Gasteiger charge is 2.31. The number of nitrogens with two attached hydrogens (primary N) is 2. The van der Waals surface area contributed by atoms with E-state index < -0.39 is 48.4 Å². The van der Waals surface area contributed by atoms with Gasteiger partial charge < -0.3 is 27.1 Å². The van der Waals surface area contributed by atoms with E-state index in [9.17, 15) is 29.0 Å². The van der Waals surface area contributed by atoms with Crippen molar-refractivity contribution < 1.29 is 29.0 Å². The van der Waals surface area contributed by atoms with Crippen molar-refractivity contribution in [3.8, 4) is 11.1 Å². The van der Waals surface area contributed by atoms with Crippen molar-refractivity contribution in [2.45, 2.75) is 78.1 Å². The molecule has 0 radical (unpaired) electrons. The lowest BCUT2D eigenvalue weighted by Gasteiger charge is -2.24. The maximum Gasteiger partial charge on any atom is 0.289 e. The van der Waals surface area contributed by atoms with E-state index in [4.69, 9.17) is 23.1 Å². The molecule has 0 unspecified atom stereocenters. The predicted octanol–water partition coefficient (Wildman–Crippen LogP) is 3.69. The van der Waals surface area contributed by atoms with Gasteiger partial charge in [-0.15, -0.1) is 0 Å². The van der Waals surface area contributed by atoms with Crippen LogP contribution in [0, 0.1) is 17.8 Å². The Hall–Kier alpha value is -3.38. The van der Waals surface area contributed by atoms with Gasteiger partial charge in [-0.3, -0.25) is 24.0 Å². The number of benzene rings is 2. The molecule has 46 heavy (non-hydrogen) atoms. The van der Waals surface area contributed by atoms with Gasteiger partial charge in [-0.05, 0) is 41.4 Å². The molecule has 12 heteroatoms. The second-order valence-corrected chi connectivity index (χ2v) is 13.0. The first-order valence-electron chi connectivity index (χ1n) is 15.8. The summed E-state index contributed by atoms with van der Waals surface area (Å²) in [6, 6.07) is 12.5. The summed E-state index contributed by atoms with van der Waals surface area (Å²) < 4.78 is 0. The molecule has 0 heterocycles. The first-order chi connectivity index (χ1) is 21.7. The van der Waals surface area contributed by atoms with Gasteiger partial charge in [0, 0.05) is 48.9 Å². The molecule has 2 rings (SSSR count). The highest BCUT2D eigenvalue weighted by molar-refractivity contribution is 6.50. The van der Waals surface area contributed by atoms with Gasteiger partial charge in [0.15, 0.2) is 17.3 Å². The van der Waals surface area contributed by atoms with Crippen molar-refractivity contribution in [2.24, 2.45) is 29.2 Å². The molecule has 0 aromatic heterocycles. The van der Waals surface area contributed by atoms with Crippen molar-refractivity contribution in [1.29, 1.82) is 0 Å². The number of Topliss-reactive ketones (excluding diaryl/α,β-unsaturated/α-hetero) is 3. The van der Waals surface area contributed by atoms with E-state index in [1.807, 2.05) is 38.1 Å². The topological polar surface area (TPSA) is 182 Å². The van der Waals surface area contributed by atoms with Gasteiger partial charge in [-0.25, -0.2) is 0 Å². The maximum atomic E-state index is 13.1. The van der Waals surface area contributed by atoms with Crippen LogP contribution in [0.2, 0.25) is 17.7 Å². The molecule has 0 aliphatic rings. The average molecular weight is 655 g/mol. The Bertz CT molecular complexity index is 1340. The van der Waals surface area contributed by atoms with Crippen LogP contribution in [0.1, 0.15) is 63.7 Å². The van der Waals surface area contributed by atoms with Crippen LogP contribution in [0.5, 0.6) is 0 Å². The predicted molar refractivity (Wildman–Crippen MR) is 182 cm³/mol. The third-order valence-electron chi connectivity index (χ3n) is 8.13. The Morgan fingerprint density at radius 1 is 0.761 bits per heavy atom. The van der Waals surface area contributed by atoms with Crippen LogP contribution in [0.4, 0.5) is 0 Å². The molecule has 10 nitrogen and oxygen atoms in total. The summed E-state index contributed by atoms with van der Waals surface area (Å²) in [4.78, 5) is 65.1. The van der Waals surface area contributed by atoms with E-state index in [1.54, 1.807) is 44.9 Å². The van der Waals surface area contributed by atoms with Crippen molar-refractivity contribution in [3.05, 3.63) is 59.1 Å². The standard InChI is InChI=1S/C34H48BClN4O6/c1-20(2)14-28(32(43)16-22(4)35(5)46)39-33(44)21(3)15-31(42)29(19-38)40-34(45)26(18-37)17-30(41)25-8-6-23(7-9-25)24-10-12-27(36)13-11-24/h6-13,20-22,26,28-29,46H,14-19,37-38H2,1-5H3,(H,39,44)(H,40,45)/t21-,22-,26+,28+,29+/m1/s1. The lowest BCUT2D eigenvalue weighted by molar-refractivity contribution is -0.133. The van der Waals surface area contributed by atoms with Crippen LogP contribution in [0.3, 0.4) is 0 Å². The Kier molecular flexibility index (Phi) is 15.8. The Morgan fingerprint density at radius 3 is 1.78 bits per heavy atom. The SMILES string of the molecule is CB(O)[C@H](C)CC(=O)[C@H](CC(C)C)NC(=O)[C@H](C)CC(=O)[C@H](CN)NC(=O)[C@H](CN)CC(=O)c1ccc(-c2ccc(Cl)cc2)cc1. The van der Waals surface area contributed by atoms with Gasteiger partial charge in [0.25, 0.3) is 6.92 Å². The minimum atomic E-state index is -1.08. The summed E-state index contributed by atoms with van der Waals surface area (Å²) in [5.74, 6) is -3.77. The number of nitrogens with one attached hydrogen (secondary N) is 2. The molecule has 7 N–H and O–H groups in total. The van der Waals surface area contributed by atoms with Gasteiger partial charge in [-0.2, -0.15) is 0 Å². The third kappa shape index (κ3) is 12.1. The number of amides is 2. The molecule has 0 saturated carbocycles. The summed E-state index contributed by atoms with van der Waals surface area (Å²) in [5.41, 5.74) is 13.9. The van der Waals surface area contributed by atoms with Crippen molar-refractivity contribution in [2.75, 3.05) is 13.1 Å². The van der Waals surface area contributed by atoms with E-state index in [1.165, 1.54) is 0 Å². The third-order valence-corrected chi connectivity index (χ3v) is 8.38. The summed E-state index contributed by atoms with van der Waals surface area (Å²) in [6.07, 6.45) is 0.160. The molecule has 0 saturated heterocycles. The van der Waals surface area contributed by atoms with Gasteiger partial charge in [0.2, 0.25) is 11.8 Å². The largest absolute Gasteiger partial charge is 0.450 e.